The van der Waals surface area contributed by atoms with Crippen LogP contribution in [0.3, 0.4) is 0 Å². The summed E-state index contributed by atoms with van der Waals surface area (Å²) in [5.41, 5.74) is 1.48. The Bertz CT molecular complexity index is 405. The molecule has 0 aromatic carbocycles. The molecule has 1 aromatic heterocycles. The van der Waals surface area contributed by atoms with Crippen LogP contribution in [-0.2, 0) is 11.3 Å². The standard InChI is InChI=1S/C13H19N3O2/c1-10-8-16(6-5-14-10)9-12-4-3-11(7-15-12)13(17)18-2/h3-4,7,10,14H,5-6,8-9H2,1-2H3/t10-/m0/s1. The maximum atomic E-state index is 11.3. The quantitative estimate of drug-likeness (QED) is 0.798. The van der Waals surface area contributed by atoms with Crippen molar-refractivity contribution in [3.8, 4) is 0 Å². The third kappa shape index (κ3) is 3.27. The largest absolute Gasteiger partial charge is 0.465 e. The lowest BCUT2D eigenvalue weighted by atomic mass is 10.2. The molecule has 1 N–H and O–H groups in total. The number of nitrogens with zero attached hydrogens (tertiary/aromatic N) is 2. The molecule has 1 aromatic rings. The first-order chi connectivity index (χ1) is 8.69. The minimum Gasteiger partial charge on any atom is -0.465 e. The minimum atomic E-state index is -0.343. The lowest BCUT2D eigenvalue weighted by molar-refractivity contribution is 0.0600. The molecule has 2 heterocycles. The number of rotatable bonds is 3. The zero-order valence-corrected chi connectivity index (χ0v) is 10.8. The molecule has 5 heteroatoms. The van der Waals surface area contributed by atoms with Crippen molar-refractivity contribution in [2.24, 2.45) is 0 Å². The number of nitrogens with one attached hydrogen (secondary N) is 1. The van der Waals surface area contributed by atoms with E-state index in [-0.39, 0.29) is 5.97 Å². The zero-order chi connectivity index (χ0) is 13.0. The number of esters is 1. The van der Waals surface area contributed by atoms with Crippen LogP contribution in [0.5, 0.6) is 0 Å². The van der Waals surface area contributed by atoms with Crippen LogP contribution in [0.2, 0.25) is 0 Å². The molecule has 0 bridgehead atoms. The summed E-state index contributed by atoms with van der Waals surface area (Å²) in [4.78, 5) is 17.9. The fraction of sp³-hybridized carbons (Fsp3) is 0.538. The maximum absolute atomic E-state index is 11.3. The Balaban J connectivity index is 1.95. The van der Waals surface area contributed by atoms with E-state index < -0.39 is 0 Å². The Hall–Kier alpha value is -1.46. The van der Waals surface area contributed by atoms with Gasteiger partial charge >= 0.3 is 5.97 Å². The second-order valence-electron chi connectivity index (χ2n) is 4.62. The number of hydrogen-bond acceptors (Lipinski definition) is 5. The monoisotopic (exact) mass is 249 g/mol. The van der Waals surface area contributed by atoms with Crippen LogP contribution in [-0.4, -0.2) is 48.6 Å². The van der Waals surface area contributed by atoms with Crippen molar-refractivity contribution in [3.63, 3.8) is 0 Å². The van der Waals surface area contributed by atoms with E-state index in [9.17, 15) is 4.79 Å². The molecule has 0 spiro atoms. The number of carbonyl (C=O) groups excluding carboxylic acids is 1. The SMILES string of the molecule is COC(=O)c1ccc(CN2CCN[C@@H](C)C2)nc1. The van der Waals surface area contributed by atoms with Crippen LogP contribution in [0.25, 0.3) is 0 Å². The van der Waals surface area contributed by atoms with Crippen LogP contribution < -0.4 is 5.32 Å². The molecular weight excluding hydrogens is 230 g/mol. The van der Waals surface area contributed by atoms with Crippen LogP contribution in [0, 0.1) is 0 Å². The van der Waals surface area contributed by atoms with Gasteiger partial charge in [0.25, 0.3) is 0 Å². The van der Waals surface area contributed by atoms with Gasteiger partial charge in [-0.15, -0.1) is 0 Å². The summed E-state index contributed by atoms with van der Waals surface area (Å²) in [6, 6.07) is 4.17. The third-order valence-corrected chi connectivity index (χ3v) is 3.08. The van der Waals surface area contributed by atoms with Gasteiger partial charge in [-0.1, -0.05) is 0 Å². The van der Waals surface area contributed by atoms with E-state index in [2.05, 4.69) is 26.9 Å². The lowest BCUT2D eigenvalue weighted by Crippen LogP contribution is -2.48. The molecule has 1 atom stereocenters. The second-order valence-corrected chi connectivity index (χ2v) is 4.62. The Morgan fingerprint density at radius 1 is 1.61 bits per heavy atom. The summed E-state index contributed by atoms with van der Waals surface area (Å²) in [5.74, 6) is -0.343. The van der Waals surface area contributed by atoms with E-state index in [1.165, 1.54) is 7.11 Å². The molecule has 0 saturated carbocycles. The third-order valence-electron chi connectivity index (χ3n) is 3.08. The summed E-state index contributed by atoms with van der Waals surface area (Å²) in [5, 5.41) is 3.41. The van der Waals surface area contributed by atoms with Gasteiger partial charge in [0.1, 0.15) is 0 Å². The highest BCUT2D eigenvalue weighted by Gasteiger charge is 2.16. The highest BCUT2D eigenvalue weighted by molar-refractivity contribution is 5.88. The van der Waals surface area contributed by atoms with Gasteiger partial charge in [-0.3, -0.25) is 9.88 Å². The fourth-order valence-corrected chi connectivity index (χ4v) is 2.14. The summed E-state index contributed by atoms with van der Waals surface area (Å²) >= 11 is 0. The Labute approximate surface area is 107 Å². The highest BCUT2D eigenvalue weighted by Crippen LogP contribution is 2.07. The number of pyridine rings is 1. The van der Waals surface area contributed by atoms with Gasteiger partial charge in [0.2, 0.25) is 0 Å². The first-order valence-corrected chi connectivity index (χ1v) is 6.18. The number of piperazine rings is 1. The average molecular weight is 249 g/mol. The van der Waals surface area contributed by atoms with Gasteiger partial charge in [0, 0.05) is 38.4 Å². The molecule has 0 radical (unpaired) electrons. The van der Waals surface area contributed by atoms with E-state index >= 15 is 0 Å². The molecule has 1 aliphatic heterocycles. The van der Waals surface area contributed by atoms with Gasteiger partial charge in [-0.05, 0) is 19.1 Å². The minimum absolute atomic E-state index is 0.343. The van der Waals surface area contributed by atoms with Crippen molar-refractivity contribution in [1.29, 1.82) is 0 Å². The molecule has 1 fully saturated rings. The number of carbonyl (C=O) groups is 1. The molecular formula is C13H19N3O2. The van der Waals surface area contributed by atoms with Crippen LogP contribution in [0.1, 0.15) is 23.0 Å². The Morgan fingerprint density at radius 3 is 3.06 bits per heavy atom. The van der Waals surface area contributed by atoms with Gasteiger partial charge in [-0.2, -0.15) is 0 Å². The second kappa shape index (κ2) is 5.93. The van der Waals surface area contributed by atoms with Gasteiger partial charge in [-0.25, -0.2) is 4.79 Å². The van der Waals surface area contributed by atoms with Crippen LogP contribution in [0.4, 0.5) is 0 Å². The van der Waals surface area contributed by atoms with Gasteiger partial charge in [0.15, 0.2) is 0 Å². The Kier molecular flexibility index (Phi) is 4.28. The van der Waals surface area contributed by atoms with Crippen molar-refractivity contribution in [2.75, 3.05) is 26.7 Å². The van der Waals surface area contributed by atoms with Crippen molar-refractivity contribution in [3.05, 3.63) is 29.6 Å². The topological polar surface area (TPSA) is 54.5 Å². The normalized spacial score (nSPS) is 20.7. The molecule has 2 rings (SSSR count). The molecule has 98 valence electrons. The smallest absolute Gasteiger partial charge is 0.339 e. The predicted octanol–water partition coefficient (Wildman–Crippen LogP) is 0.662. The molecule has 0 aliphatic carbocycles. The molecule has 1 aliphatic rings. The summed E-state index contributed by atoms with van der Waals surface area (Å²) in [6.45, 7) is 6.08. The zero-order valence-electron chi connectivity index (χ0n) is 10.8. The number of ether oxygens (including phenoxy) is 1. The van der Waals surface area contributed by atoms with Crippen molar-refractivity contribution >= 4 is 5.97 Å². The predicted molar refractivity (Wildman–Crippen MR) is 68.3 cm³/mol. The summed E-state index contributed by atoms with van der Waals surface area (Å²) in [6.07, 6.45) is 1.58. The van der Waals surface area contributed by atoms with Gasteiger partial charge < -0.3 is 10.1 Å². The van der Waals surface area contributed by atoms with Crippen LogP contribution in [0.15, 0.2) is 18.3 Å². The van der Waals surface area contributed by atoms with E-state index in [1.54, 1.807) is 12.3 Å². The van der Waals surface area contributed by atoms with Crippen molar-refractivity contribution in [2.45, 2.75) is 19.5 Å². The fourth-order valence-electron chi connectivity index (χ4n) is 2.14. The van der Waals surface area contributed by atoms with Crippen molar-refractivity contribution < 1.29 is 9.53 Å². The lowest BCUT2D eigenvalue weighted by Gasteiger charge is -2.31. The molecule has 18 heavy (non-hydrogen) atoms. The molecule has 5 nitrogen and oxygen atoms in total. The molecule has 1 saturated heterocycles. The highest BCUT2D eigenvalue weighted by atomic mass is 16.5. The molecule has 0 unspecified atom stereocenters. The summed E-state index contributed by atoms with van der Waals surface area (Å²) < 4.78 is 4.64. The van der Waals surface area contributed by atoms with Gasteiger partial charge in [0.05, 0.1) is 18.4 Å². The van der Waals surface area contributed by atoms with E-state index in [4.69, 9.17) is 0 Å². The first-order valence-electron chi connectivity index (χ1n) is 6.18. The van der Waals surface area contributed by atoms with E-state index in [0.29, 0.717) is 11.6 Å². The number of aromatic nitrogens is 1. The van der Waals surface area contributed by atoms with E-state index in [1.807, 2.05) is 6.07 Å². The average Bonchev–Trinajstić information content (AvgIpc) is 2.39. The molecule has 0 amide bonds. The summed E-state index contributed by atoms with van der Waals surface area (Å²) in [7, 11) is 1.37. The maximum Gasteiger partial charge on any atom is 0.339 e. The number of methoxy groups -OCH3 is 1. The first kappa shape index (κ1) is 13.0. The Morgan fingerprint density at radius 2 is 2.44 bits per heavy atom. The van der Waals surface area contributed by atoms with Crippen molar-refractivity contribution in [1.82, 2.24) is 15.2 Å². The van der Waals surface area contributed by atoms with E-state index in [0.717, 1.165) is 31.9 Å². The van der Waals surface area contributed by atoms with Crippen LogP contribution >= 0.6 is 0 Å². The number of hydrogen-bond donors (Lipinski definition) is 1.